The summed E-state index contributed by atoms with van der Waals surface area (Å²) < 4.78 is 12.8. The Bertz CT molecular complexity index is 488. The van der Waals surface area contributed by atoms with Gasteiger partial charge in [-0.3, -0.25) is 0 Å². The Balaban J connectivity index is 2.41. The Morgan fingerprint density at radius 3 is 2.44 bits per heavy atom. The number of aromatic nitrogens is 1. The summed E-state index contributed by atoms with van der Waals surface area (Å²) in [6.45, 7) is 3.89. The number of hydrogen-bond donors (Lipinski definition) is 1. The second-order valence-corrected chi connectivity index (χ2v) is 4.79. The predicted octanol–water partition coefficient (Wildman–Crippen LogP) is 3.28. The lowest BCUT2D eigenvalue weighted by Crippen LogP contribution is -2.03. The highest BCUT2D eigenvalue weighted by atomic mass is 32.1. The molecule has 2 rings (SSSR count). The van der Waals surface area contributed by atoms with Gasteiger partial charge in [-0.1, -0.05) is 0 Å². The van der Waals surface area contributed by atoms with Crippen LogP contribution in [-0.2, 0) is 0 Å². The molecule has 2 N–H and O–H groups in total. The van der Waals surface area contributed by atoms with E-state index < -0.39 is 0 Å². The van der Waals surface area contributed by atoms with E-state index in [1.165, 1.54) is 12.1 Å². The van der Waals surface area contributed by atoms with Crippen LogP contribution in [0, 0.1) is 12.7 Å². The van der Waals surface area contributed by atoms with Gasteiger partial charge in [-0.15, -0.1) is 11.3 Å². The van der Waals surface area contributed by atoms with E-state index in [2.05, 4.69) is 4.98 Å². The van der Waals surface area contributed by atoms with Gasteiger partial charge in [0.05, 0.1) is 5.69 Å². The zero-order valence-electron chi connectivity index (χ0n) is 9.20. The minimum absolute atomic E-state index is 0.00769. The van der Waals surface area contributed by atoms with Crippen LogP contribution in [0.1, 0.15) is 23.5 Å². The monoisotopic (exact) mass is 236 g/mol. The molecular weight excluding hydrogens is 223 g/mol. The van der Waals surface area contributed by atoms with Gasteiger partial charge in [-0.2, -0.15) is 0 Å². The molecule has 1 unspecified atom stereocenters. The van der Waals surface area contributed by atoms with E-state index in [-0.39, 0.29) is 11.9 Å². The van der Waals surface area contributed by atoms with E-state index >= 15 is 0 Å². The van der Waals surface area contributed by atoms with Crippen molar-refractivity contribution in [3.05, 3.63) is 40.7 Å². The molecule has 1 heterocycles. The molecule has 0 spiro atoms. The van der Waals surface area contributed by atoms with Gasteiger partial charge in [0.15, 0.2) is 0 Å². The lowest BCUT2D eigenvalue weighted by molar-refractivity contribution is 0.628. The number of halogens is 1. The summed E-state index contributed by atoms with van der Waals surface area (Å²) in [6, 6.07) is 6.35. The van der Waals surface area contributed by atoms with Gasteiger partial charge in [-0.05, 0) is 38.1 Å². The van der Waals surface area contributed by atoms with E-state index in [4.69, 9.17) is 5.73 Å². The van der Waals surface area contributed by atoms with Crippen LogP contribution in [0.15, 0.2) is 24.3 Å². The normalized spacial score (nSPS) is 12.8. The van der Waals surface area contributed by atoms with Gasteiger partial charge >= 0.3 is 0 Å². The number of benzene rings is 1. The number of nitrogens with two attached hydrogens (primary N) is 1. The molecule has 84 valence electrons. The second-order valence-electron chi connectivity index (χ2n) is 3.76. The highest BCUT2D eigenvalue weighted by Gasteiger charge is 2.12. The van der Waals surface area contributed by atoms with Crippen LogP contribution in [0.25, 0.3) is 10.6 Å². The first-order chi connectivity index (χ1) is 7.58. The van der Waals surface area contributed by atoms with Gasteiger partial charge in [0.25, 0.3) is 0 Å². The van der Waals surface area contributed by atoms with Crippen molar-refractivity contribution in [2.45, 2.75) is 19.9 Å². The van der Waals surface area contributed by atoms with Gasteiger partial charge < -0.3 is 5.73 Å². The van der Waals surface area contributed by atoms with Crippen LogP contribution < -0.4 is 5.73 Å². The fraction of sp³-hybridized carbons (Fsp3) is 0.250. The predicted molar refractivity (Wildman–Crippen MR) is 64.8 cm³/mol. The van der Waals surface area contributed by atoms with Crippen molar-refractivity contribution in [1.29, 1.82) is 0 Å². The van der Waals surface area contributed by atoms with Crippen molar-refractivity contribution >= 4 is 11.3 Å². The first-order valence-electron chi connectivity index (χ1n) is 5.07. The van der Waals surface area contributed by atoms with Gasteiger partial charge in [0, 0.05) is 16.5 Å². The maximum Gasteiger partial charge on any atom is 0.123 e. The van der Waals surface area contributed by atoms with Crippen LogP contribution >= 0.6 is 11.3 Å². The largest absolute Gasteiger partial charge is 0.323 e. The average molecular weight is 236 g/mol. The van der Waals surface area contributed by atoms with Gasteiger partial charge in [0.1, 0.15) is 10.8 Å². The average Bonchev–Trinajstić information content (AvgIpc) is 2.61. The summed E-state index contributed by atoms with van der Waals surface area (Å²) in [4.78, 5) is 5.53. The fourth-order valence-corrected chi connectivity index (χ4v) is 2.57. The molecule has 0 aliphatic heterocycles. The first-order valence-corrected chi connectivity index (χ1v) is 5.88. The molecule has 0 amide bonds. The highest BCUT2D eigenvalue weighted by Crippen LogP contribution is 2.30. The maximum absolute atomic E-state index is 12.8. The number of aryl methyl sites for hydroxylation is 1. The quantitative estimate of drug-likeness (QED) is 0.869. The molecule has 0 fully saturated rings. The Labute approximate surface area is 97.9 Å². The Morgan fingerprint density at radius 1 is 1.31 bits per heavy atom. The molecule has 0 saturated carbocycles. The van der Waals surface area contributed by atoms with E-state index in [1.54, 1.807) is 23.5 Å². The molecule has 0 radical (unpaired) electrons. The standard InChI is InChI=1S/C12H13FN2S/c1-7(14)11-8(2)15-12(16-11)9-3-5-10(13)6-4-9/h3-7H,14H2,1-2H3. The maximum atomic E-state index is 12.8. The Morgan fingerprint density at radius 2 is 1.94 bits per heavy atom. The lowest BCUT2D eigenvalue weighted by Gasteiger charge is -1.99. The smallest absolute Gasteiger partial charge is 0.123 e. The van der Waals surface area contributed by atoms with Crippen molar-refractivity contribution in [2.24, 2.45) is 5.73 Å². The molecule has 16 heavy (non-hydrogen) atoms. The van der Waals surface area contributed by atoms with Crippen LogP contribution in [0.3, 0.4) is 0 Å². The molecule has 4 heteroatoms. The summed E-state index contributed by atoms with van der Waals surface area (Å²) in [6.07, 6.45) is 0. The first kappa shape index (κ1) is 11.2. The minimum Gasteiger partial charge on any atom is -0.323 e. The van der Waals surface area contributed by atoms with Crippen LogP contribution in [-0.4, -0.2) is 4.98 Å². The summed E-state index contributed by atoms with van der Waals surface area (Å²) >= 11 is 1.57. The van der Waals surface area contributed by atoms with E-state index in [1.807, 2.05) is 13.8 Å². The van der Waals surface area contributed by atoms with Crippen molar-refractivity contribution in [3.8, 4) is 10.6 Å². The highest BCUT2D eigenvalue weighted by molar-refractivity contribution is 7.15. The van der Waals surface area contributed by atoms with Crippen molar-refractivity contribution in [3.63, 3.8) is 0 Å². The molecule has 2 aromatic rings. The van der Waals surface area contributed by atoms with Crippen LogP contribution in [0.2, 0.25) is 0 Å². The third kappa shape index (κ3) is 2.13. The molecule has 0 aliphatic rings. The van der Waals surface area contributed by atoms with Crippen molar-refractivity contribution in [2.75, 3.05) is 0 Å². The SMILES string of the molecule is Cc1nc(-c2ccc(F)cc2)sc1C(C)N. The number of thiazole rings is 1. The molecule has 0 bridgehead atoms. The molecule has 1 atom stereocenters. The van der Waals surface area contributed by atoms with Gasteiger partial charge in [0.2, 0.25) is 0 Å². The summed E-state index contributed by atoms with van der Waals surface area (Å²) in [5.41, 5.74) is 7.73. The number of hydrogen-bond acceptors (Lipinski definition) is 3. The van der Waals surface area contributed by atoms with Crippen LogP contribution in [0.4, 0.5) is 4.39 Å². The third-order valence-electron chi connectivity index (χ3n) is 2.34. The minimum atomic E-state index is -0.232. The summed E-state index contributed by atoms with van der Waals surface area (Å²) in [7, 11) is 0. The molecule has 0 aliphatic carbocycles. The number of rotatable bonds is 2. The van der Waals surface area contributed by atoms with E-state index in [0.29, 0.717) is 0 Å². The van der Waals surface area contributed by atoms with Crippen LogP contribution in [0.5, 0.6) is 0 Å². The Hall–Kier alpha value is -1.26. The molecule has 0 saturated heterocycles. The van der Waals surface area contributed by atoms with E-state index in [9.17, 15) is 4.39 Å². The summed E-state index contributed by atoms with van der Waals surface area (Å²) in [5.74, 6) is -0.232. The molecule has 2 nitrogen and oxygen atoms in total. The zero-order valence-corrected chi connectivity index (χ0v) is 10.0. The zero-order chi connectivity index (χ0) is 11.7. The van der Waals surface area contributed by atoms with Gasteiger partial charge in [-0.25, -0.2) is 9.37 Å². The lowest BCUT2D eigenvalue weighted by atomic mass is 10.2. The summed E-state index contributed by atoms with van der Waals surface area (Å²) in [5, 5.41) is 0.893. The Kier molecular flexibility index (Phi) is 3.03. The third-order valence-corrected chi connectivity index (χ3v) is 3.74. The molecule has 1 aromatic heterocycles. The molecular formula is C12H13FN2S. The van der Waals surface area contributed by atoms with Crippen molar-refractivity contribution in [1.82, 2.24) is 4.98 Å². The van der Waals surface area contributed by atoms with Crippen molar-refractivity contribution < 1.29 is 4.39 Å². The second kappa shape index (κ2) is 4.31. The number of nitrogens with zero attached hydrogens (tertiary/aromatic N) is 1. The fourth-order valence-electron chi connectivity index (χ4n) is 1.55. The topological polar surface area (TPSA) is 38.9 Å². The van der Waals surface area contributed by atoms with E-state index in [0.717, 1.165) is 21.1 Å². The molecule has 1 aromatic carbocycles.